The van der Waals surface area contributed by atoms with Gasteiger partial charge in [-0.05, 0) is 30.9 Å². The van der Waals surface area contributed by atoms with Crippen LogP contribution in [0.4, 0.5) is 9.18 Å². The predicted octanol–water partition coefficient (Wildman–Crippen LogP) is 2.99. The zero-order chi connectivity index (χ0) is 17.6. The first-order chi connectivity index (χ1) is 10.7. The van der Waals surface area contributed by atoms with Crippen molar-refractivity contribution >= 4 is 6.03 Å². The average Bonchev–Trinajstić information content (AvgIpc) is 2.44. The number of benzene rings is 1. The van der Waals surface area contributed by atoms with Crippen LogP contribution in [0.25, 0.3) is 0 Å². The second kappa shape index (κ2) is 8.15. The molecule has 0 heterocycles. The zero-order valence-corrected chi connectivity index (χ0v) is 14.4. The molecule has 0 radical (unpaired) electrons. The number of halogens is 1. The molecule has 2 amide bonds. The molecule has 0 aliphatic carbocycles. The number of hydrogen-bond donors (Lipinski definition) is 3. The van der Waals surface area contributed by atoms with Crippen LogP contribution < -0.4 is 15.4 Å². The maximum Gasteiger partial charge on any atom is 0.315 e. The van der Waals surface area contributed by atoms with Crippen molar-refractivity contribution in [3.05, 3.63) is 29.6 Å². The summed E-state index contributed by atoms with van der Waals surface area (Å²) in [4.78, 5) is 12.1. The van der Waals surface area contributed by atoms with Gasteiger partial charge < -0.3 is 20.5 Å². The number of methoxy groups -OCH3 is 1. The second-order valence-corrected chi connectivity index (χ2v) is 6.84. The molecule has 0 saturated heterocycles. The molecule has 3 N–H and O–H groups in total. The Morgan fingerprint density at radius 1 is 1.35 bits per heavy atom. The largest absolute Gasteiger partial charge is 0.496 e. The van der Waals surface area contributed by atoms with Gasteiger partial charge in [0, 0.05) is 0 Å². The smallest absolute Gasteiger partial charge is 0.315 e. The molecule has 23 heavy (non-hydrogen) atoms. The molecular weight excluding hydrogens is 299 g/mol. The predicted molar refractivity (Wildman–Crippen MR) is 88.0 cm³/mol. The highest BCUT2D eigenvalue weighted by Gasteiger charge is 2.22. The fourth-order valence-corrected chi connectivity index (χ4v) is 2.51. The first-order valence-corrected chi connectivity index (χ1v) is 7.68. The van der Waals surface area contributed by atoms with Gasteiger partial charge in [-0.25, -0.2) is 9.18 Å². The maximum absolute atomic E-state index is 14.0. The number of carbonyl (C=O) groups is 1. The lowest BCUT2D eigenvalue weighted by Crippen LogP contribution is -2.46. The Hall–Kier alpha value is -1.82. The van der Waals surface area contributed by atoms with Crippen molar-refractivity contribution in [2.75, 3.05) is 13.7 Å². The average molecular weight is 326 g/mol. The minimum atomic E-state index is -0.569. The summed E-state index contributed by atoms with van der Waals surface area (Å²) in [6, 6.07) is 3.14. The molecule has 5 nitrogen and oxygen atoms in total. The van der Waals surface area contributed by atoms with Gasteiger partial charge in [-0.15, -0.1) is 0 Å². The van der Waals surface area contributed by atoms with E-state index in [0.717, 1.165) is 0 Å². The summed E-state index contributed by atoms with van der Waals surface area (Å²) in [6.07, 6.45) is 0.633. The summed E-state index contributed by atoms with van der Waals surface area (Å²) < 4.78 is 19.1. The van der Waals surface area contributed by atoms with Crippen LogP contribution in [0.3, 0.4) is 0 Å². The van der Waals surface area contributed by atoms with Crippen molar-refractivity contribution in [3.8, 4) is 5.75 Å². The minimum Gasteiger partial charge on any atom is -0.496 e. The number of urea groups is 1. The molecule has 130 valence electrons. The molecule has 0 aliphatic rings. The van der Waals surface area contributed by atoms with Crippen molar-refractivity contribution in [2.24, 2.45) is 5.41 Å². The number of carbonyl (C=O) groups excluding carboxylic acids is 1. The third-order valence-electron chi connectivity index (χ3n) is 3.43. The maximum atomic E-state index is 14.0. The fraction of sp³-hybridized carbons (Fsp3) is 0.588. The van der Waals surface area contributed by atoms with Crippen molar-refractivity contribution < 1.29 is 19.0 Å². The van der Waals surface area contributed by atoms with Gasteiger partial charge in [0.25, 0.3) is 0 Å². The molecular formula is C17H27FN2O3. The molecule has 0 saturated carbocycles. The van der Waals surface area contributed by atoms with Crippen molar-refractivity contribution in [1.82, 2.24) is 10.6 Å². The number of rotatable bonds is 6. The van der Waals surface area contributed by atoms with Crippen LogP contribution in [0.15, 0.2) is 18.2 Å². The van der Waals surface area contributed by atoms with Crippen LogP contribution in [0.1, 0.15) is 45.7 Å². The first kappa shape index (κ1) is 19.2. The molecule has 0 aromatic heterocycles. The van der Waals surface area contributed by atoms with E-state index in [2.05, 4.69) is 10.6 Å². The van der Waals surface area contributed by atoms with E-state index < -0.39 is 17.9 Å². The Kier molecular flexibility index (Phi) is 6.81. The highest BCUT2D eigenvalue weighted by atomic mass is 19.1. The summed E-state index contributed by atoms with van der Waals surface area (Å²) in [6.45, 7) is 7.62. The molecule has 0 aliphatic heterocycles. The van der Waals surface area contributed by atoms with Crippen molar-refractivity contribution in [3.63, 3.8) is 0 Å². The van der Waals surface area contributed by atoms with E-state index in [1.165, 1.54) is 13.2 Å². The quantitative estimate of drug-likeness (QED) is 0.752. The summed E-state index contributed by atoms with van der Waals surface area (Å²) >= 11 is 0. The number of aliphatic hydroxyl groups excluding tert-OH is 1. The van der Waals surface area contributed by atoms with E-state index in [1.54, 1.807) is 19.1 Å². The van der Waals surface area contributed by atoms with Crippen LogP contribution in [0.5, 0.6) is 5.75 Å². The molecule has 0 fully saturated rings. The van der Waals surface area contributed by atoms with Gasteiger partial charge in [-0.2, -0.15) is 0 Å². The monoisotopic (exact) mass is 326 g/mol. The minimum absolute atomic E-state index is 0.0267. The molecule has 0 bridgehead atoms. The lowest BCUT2D eigenvalue weighted by molar-refractivity contribution is 0.189. The van der Waals surface area contributed by atoms with Gasteiger partial charge in [-0.3, -0.25) is 0 Å². The van der Waals surface area contributed by atoms with Crippen LogP contribution in [0, 0.1) is 11.2 Å². The van der Waals surface area contributed by atoms with Gasteiger partial charge in [0.1, 0.15) is 11.6 Å². The van der Waals surface area contributed by atoms with E-state index in [-0.39, 0.29) is 18.1 Å². The zero-order valence-electron chi connectivity index (χ0n) is 14.4. The number of nitrogens with one attached hydrogen (secondary N) is 2. The lowest BCUT2D eigenvalue weighted by atomic mass is 9.88. The second-order valence-electron chi connectivity index (χ2n) is 6.84. The summed E-state index contributed by atoms with van der Waals surface area (Å²) in [5, 5.41) is 14.8. The van der Waals surface area contributed by atoms with Crippen LogP contribution in [-0.4, -0.2) is 30.9 Å². The number of hydrogen-bond acceptors (Lipinski definition) is 3. The first-order valence-electron chi connectivity index (χ1n) is 7.68. The molecule has 1 aromatic rings. The molecule has 2 unspecified atom stereocenters. The van der Waals surface area contributed by atoms with E-state index in [0.29, 0.717) is 17.7 Å². The fourth-order valence-electron chi connectivity index (χ4n) is 2.51. The Balaban J connectivity index is 2.74. The summed E-state index contributed by atoms with van der Waals surface area (Å²) in [5.41, 5.74) is 0.266. The molecule has 2 atom stereocenters. The Morgan fingerprint density at radius 3 is 2.52 bits per heavy atom. The summed E-state index contributed by atoms with van der Waals surface area (Å²) in [7, 11) is 1.45. The molecule has 6 heteroatoms. The van der Waals surface area contributed by atoms with Crippen molar-refractivity contribution in [2.45, 2.75) is 46.2 Å². The lowest BCUT2D eigenvalue weighted by Gasteiger charge is -2.26. The Morgan fingerprint density at radius 2 is 2.00 bits per heavy atom. The Labute approximate surface area is 137 Å². The SMILES string of the molecule is COc1cccc(F)c1C(C)NC(=O)NC(CO)CC(C)(C)C. The van der Waals surface area contributed by atoms with E-state index in [4.69, 9.17) is 4.74 Å². The number of ether oxygens (including phenoxy) is 1. The van der Waals surface area contributed by atoms with Gasteiger partial charge in [0.2, 0.25) is 0 Å². The normalized spacial score (nSPS) is 14.0. The number of amides is 2. The Bertz CT molecular complexity index is 529. The number of aliphatic hydroxyl groups is 1. The highest BCUT2D eigenvalue weighted by molar-refractivity contribution is 5.75. The van der Waals surface area contributed by atoms with Crippen LogP contribution >= 0.6 is 0 Å². The molecule has 1 aromatic carbocycles. The third-order valence-corrected chi connectivity index (χ3v) is 3.43. The molecule has 1 rings (SSSR count). The van der Waals surface area contributed by atoms with E-state index in [9.17, 15) is 14.3 Å². The van der Waals surface area contributed by atoms with Gasteiger partial charge in [-0.1, -0.05) is 26.8 Å². The van der Waals surface area contributed by atoms with E-state index >= 15 is 0 Å². The van der Waals surface area contributed by atoms with Gasteiger partial charge in [0.05, 0.1) is 31.4 Å². The summed E-state index contributed by atoms with van der Waals surface area (Å²) in [5.74, 6) is -0.0586. The van der Waals surface area contributed by atoms with E-state index in [1.807, 2.05) is 20.8 Å². The topological polar surface area (TPSA) is 70.6 Å². The van der Waals surface area contributed by atoms with Gasteiger partial charge >= 0.3 is 6.03 Å². The highest BCUT2D eigenvalue weighted by Crippen LogP contribution is 2.27. The standard InChI is InChI=1S/C17H27FN2O3/c1-11(15-13(18)7-6-8-14(15)23-5)19-16(22)20-12(10-21)9-17(2,3)4/h6-8,11-12,21H,9-10H2,1-5H3,(H2,19,20,22). The third kappa shape index (κ3) is 6.06. The molecule has 0 spiro atoms. The van der Waals surface area contributed by atoms with Gasteiger partial charge in [0.15, 0.2) is 0 Å². The van der Waals surface area contributed by atoms with Crippen LogP contribution in [-0.2, 0) is 0 Å². The van der Waals surface area contributed by atoms with Crippen molar-refractivity contribution in [1.29, 1.82) is 0 Å². The van der Waals surface area contributed by atoms with Crippen LogP contribution in [0.2, 0.25) is 0 Å².